The van der Waals surface area contributed by atoms with E-state index in [0.29, 0.717) is 16.3 Å². The monoisotopic (exact) mass is 436 g/mol. The first-order chi connectivity index (χ1) is 14.2. The molecule has 2 aromatic carbocycles. The molecule has 6 nitrogen and oxygen atoms in total. The van der Waals surface area contributed by atoms with Gasteiger partial charge in [-0.25, -0.2) is 4.68 Å². The zero-order valence-corrected chi connectivity index (χ0v) is 16.1. The van der Waals surface area contributed by atoms with Crippen LogP contribution in [-0.2, 0) is 0 Å². The number of fused-ring (bicyclic) bond motifs is 1. The summed E-state index contributed by atoms with van der Waals surface area (Å²) >= 11 is 5.87. The van der Waals surface area contributed by atoms with Crippen molar-refractivity contribution in [2.24, 2.45) is 0 Å². The predicted molar refractivity (Wildman–Crippen MR) is 106 cm³/mol. The molecule has 1 aromatic heterocycles. The third kappa shape index (κ3) is 4.06. The van der Waals surface area contributed by atoms with Crippen molar-refractivity contribution < 1.29 is 23.1 Å². The Balaban J connectivity index is 1.64. The fraction of sp³-hybridized carbons (Fsp3) is 0.200. The number of amides is 1. The number of hydrogen-bond donors (Lipinski definition) is 3. The van der Waals surface area contributed by atoms with Gasteiger partial charge >= 0.3 is 6.18 Å². The Bertz CT molecular complexity index is 1080. The highest BCUT2D eigenvalue weighted by Crippen LogP contribution is 2.43. The Morgan fingerprint density at radius 3 is 2.60 bits per heavy atom. The van der Waals surface area contributed by atoms with Crippen molar-refractivity contribution in [3.8, 4) is 5.75 Å². The number of carbonyl (C=O) groups is 1. The number of hydrogen-bond acceptors (Lipinski definition) is 4. The van der Waals surface area contributed by atoms with Crippen molar-refractivity contribution >= 4 is 29.0 Å². The Hall–Kier alpha value is -3.20. The maximum Gasteiger partial charge on any atom is 0.410 e. The van der Waals surface area contributed by atoms with Gasteiger partial charge in [0.25, 0.3) is 5.91 Å². The van der Waals surface area contributed by atoms with Crippen molar-refractivity contribution in [2.45, 2.75) is 24.7 Å². The summed E-state index contributed by atoms with van der Waals surface area (Å²) in [5.41, 5.74) is 0.768. The van der Waals surface area contributed by atoms with Gasteiger partial charge in [0.1, 0.15) is 11.6 Å². The number of phenolic OH excluding ortho intramolecular Hbond substituents is 1. The number of alkyl halides is 3. The van der Waals surface area contributed by atoms with Crippen molar-refractivity contribution in [3.05, 3.63) is 70.9 Å². The minimum absolute atomic E-state index is 0.0541. The number of aromatic nitrogens is 2. The summed E-state index contributed by atoms with van der Waals surface area (Å²) in [6.07, 6.45) is -4.83. The number of nitrogens with zero attached hydrogens (tertiary/aromatic N) is 2. The van der Waals surface area contributed by atoms with E-state index in [1.807, 2.05) is 0 Å². The number of carbonyl (C=O) groups excluding carboxylic acids is 1. The molecule has 30 heavy (non-hydrogen) atoms. The molecule has 0 aliphatic carbocycles. The van der Waals surface area contributed by atoms with Gasteiger partial charge in [-0.05, 0) is 29.8 Å². The molecule has 0 unspecified atom stereocenters. The Morgan fingerprint density at radius 2 is 1.93 bits per heavy atom. The van der Waals surface area contributed by atoms with E-state index >= 15 is 0 Å². The van der Waals surface area contributed by atoms with Crippen LogP contribution < -0.4 is 10.6 Å². The summed E-state index contributed by atoms with van der Waals surface area (Å²) in [5, 5.41) is 19.4. The third-order valence-electron chi connectivity index (χ3n) is 4.80. The summed E-state index contributed by atoms with van der Waals surface area (Å²) in [4.78, 5) is 12.5. The quantitative estimate of drug-likeness (QED) is 0.530. The summed E-state index contributed by atoms with van der Waals surface area (Å²) in [6, 6.07) is 11.1. The second-order valence-electron chi connectivity index (χ2n) is 6.91. The first-order valence-electron chi connectivity index (χ1n) is 8.99. The summed E-state index contributed by atoms with van der Waals surface area (Å²) < 4.78 is 42.0. The van der Waals surface area contributed by atoms with Crippen LogP contribution in [0.15, 0.2) is 54.6 Å². The van der Waals surface area contributed by atoms with E-state index in [4.69, 9.17) is 11.6 Å². The first kappa shape index (κ1) is 20.1. The number of benzene rings is 2. The van der Waals surface area contributed by atoms with Gasteiger partial charge in [0, 0.05) is 29.3 Å². The Morgan fingerprint density at radius 1 is 1.20 bits per heavy atom. The van der Waals surface area contributed by atoms with Gasteiger partial charge in [-0.1, -0.05) is 29.8 Å². The van der Waals surface area contributed by atoms with Gasteiger partial charge in [0.2, 0.25) is 0 Å². The van der Waals surface area contributed by atoms with Crippen LogP contribution in [0.3, 0.4) is 0 Å². The number of anilines is 2. The lowest BCUT2D eigenvalue weighted by atomic mass is 9.97. The minimum Gasteiger partial charge on any atom is -0.508 e. The molecule has 2 atom stereocenters. The molecule has 0 radical (unpaired) electrons. The lowest BCUT2D eigenvalue weighted by Crippen LogP contribution is -2.35. The standard InChI is InChI=1S/C20H16ClF3N4O2/c21-12-6-4-11(5-7-12)15-9-17(20(22,23)24)28-18(26-15)10-16(27-28)19(30)25-13-2-1-3-14(29)8-13/h1-8,10,15,17,26,29H,9H2,(H,25,30)/t15-,17-/m0/s1. The molecule has 0 saturated heterocycles. The van der Waals surface area contributed by atoms with Crippen LogP contribution in [0, 0.1) is 0 Å². The second-order valence-corrected chi connectivity index (χ2v) is 7.34. The lowest BCUT2D eigenvalue weighted by Gasteiger charge is -2.33. The topological polar surface area (TPSA) is 79.2 Å². The van der Waals surface area contributed by atoms with Gasteiger partial charge in [-0.15, -0.1) is 0 Å². The molecule has 0 saturated carbocycles. The van der Waals surface area contributed by atoms with Gasteiger partial charge in [-0.3, -0.25) is 4.79 Å². The van der Waals surface area contributed by atoms with E-state index in [1.54, 1.807) is 30.3 Å². The summed E-state index contributed by atoms with van der Waals surface area (Å²) in [6.45, 7) is 0. The molecule has 3 aromatic rings. The maximum absolute atomic E-state index is 13.7. The van der Waals surface area contributed by atoms with Crippen LogP contribution in [0.5, 0.6) is 5.75 Å². The van der Waals surface area contributed by atoms with Gasteiger partial charge in [0.05, 0.1) is 6.04 Å². The van der Waals surface area contributed by atoms with Crippen LogP contribution in [0.2, 0.25) is 5.02 Å². The SMILES string of the molecule is O=C(Nc1cccc(O)c1)c1cc2n(n1)[C@H](C(F)(F)F)C[C@@H](c1ccc(Cl)cc1)N2. The molecule has 10 heteroatoms. The van der Waals surface area contributed by atoms with E-state index in [0.717, 1.165) is 4.68 Å². The Labute approximate surface area is 174 Å². The summed E-state index contributed by atoms with van der Waals surface area (Å²) in [5.74, 6) is -0.653. The first-order valence-corrected chi connectivity index (χ1v) is 9.37. The zero-order chi connectivity index (χ0) is 21.5. The van der Waals surface area contributed by atoms with Crippen molar-refractivity contribution in [2.75, 3.05) is 10.6 Å². The molecule has 4 rings (SSSR count). The molecule has 1 amide bonds. The van der Waals surface area contributed by atoms with E-state index < -0.39 is 24.2 Å². The van der Waals surface area contributed by atoms with E-state index in [-0.39, 0.29) is 23.7 Å². The maximum atomic E-state index is 13.7. The Kier molecular flexibility index (Phi) is 5.07. The molecule has 0 fully saturated rings. The van der Waals surface area contributed by atoms with Crippen molar-refractivity contribution in [1.29, 1.82) is 0 Å². The predicted octanol–water partition coefficient (Wildman–Crippen LogP) is 5.15. The van der Waals surface area contributed by atoms with Crippen LogP contribution >= 0.6 is 11.6 Å². The zero-order valence-electron chi connectivity index (χ0n) is 15.3. The van der Waals surface area contributed by atoms with Crippen LogP contribution in [0.1, 0.15) is 34.6 Å². The molecular formula is C20H16ClF3N4O2. The number of nitrogens with one attached hydrogen (secondary N) is 2. The van der Waals surface area contributed by atoms with Crippen molar-refractivity contribution in [3.63, 3.8) is 0 Å². The number of halogens is 4. The minimum atomic E-state index is -4.55. The molecule has 156 valence electrons. The normalized spacial score (nSPS) is 18.4. The number of rotatable bonds is 3. The van der Waals surface area contributed by atoms with E-state index in [9.17, 15) is 23.1 Å². The third-order valence-corrected chi connectivity index (χ3v) is 5.05. The number of aromatic hydroxyl groups is 1. The van der Waals surface area contributed by atoms with Crippen LogP contribution in [0.4, 0.5) is 24.7 Å². The van der Waals surface area contributed by atoms with Gasteiger partial charge in [0.15, 0.2) is 11.7 Å². The number of phenols is 1. The average Bonchev–Trinajstić information content (AvgIpc) is 3.11. The fourth-order valence-corrected chi connectivity index (χ4v) is 3.50. The smallest absolute Gasteiger partial charge is 0.410 e. The molecule has 2 heterocycles. The van der Waals surface area contributed by atoms with E-state index in [2.05, 4.69) is 15.7 Å². The van der Waals surface area contributed by atoms with Gasteiger partial charge in [-0.2, -0.15) is 18.3 Å². The van der Waals surface area contributed by atoms with Crippen molar-refractivity contribution in [1.82, 2.24) is 9.78 Å². The average molecular weight is 437 g/mol. The lowest BCUT2D eigenvalue weighted by molar-refractivity contribution is -0.173. The molecule has 3 N–H and O–H groups in total. The highest BCUT2D eigenvalue weighted by molar-refractivity contribution is 6.30. The highest BCUT2D eigenvalue weighted by Gasteiger charge is 2.46. The summed E-state index contributed by atoms with van der Waals surface area (Å²) in [7, 11) is 0. The highest BCUT2D eigenvalue weighted by atomic mass is 35.5. The van der Waals surface area contributed by atoms with E-state index in [1.165, 1.54) is 24.3 Å². The fourth-order valence-electron chi connectivity index (χ4n) is 3.38. The second kappa shape index (κ2) is 7.56. The molecule has 0 spiro atoms. The largest absolute Gasteiger partial charge is 0.508 e. The molecule has 1 aliphatic heterocycles. The molecule has 0 bridgehead atoms. The van der Waals surface area contributed by atoms with Gasteiger partial charge < -0.3 is 15.7 Å². The van der Waals surface area contributed by atoms with Crippen LogP contribution in [0.25, 0.3) is 0 Å². The van der Waals surface area contributed by atoms with Crippen LogP contribution in [-0.4, -0.2) is 27.0 Å². The molecular weight excluding hydrogens is 421 g/mol. The molecule has 1 aliphatic rings.